The van der Waals surface area contributed by atoms with Crippen LogP contribution in [0.4, 0.5) is 17.1 Å². The highest BCUT2D eigenvalue weighted by Crippen LogP contribution is 2.27. The number of nitrogens with one attached hydrogen (secondary N) is 3. The summed E-state index contributed by atoms with van der Waals surface area (Å²) in [5.41, 5.74) is 2.43. The van der Waals surface area contributed by atoms with E-state index in [0.29, 0.717) is 28.4 Å². The number of para-hydroxylation sites is 2. The van der Waals surface area contributed by atoms with Gasteiger partial charge in [0.25, 0.3) is 15.9 Å². The Morgan fingerprint density at radius 3 is 2.03 bits per heavy atom. The molecule has 9 heteroatoms. The number of hydrogen-bond acceptors (Lipinski definition) is 5. The van der Waals surface area contributed by atoms with Gasteiger partial charge in [-0.2, -0.15) is 0 Å². The molecular weight excluding hydrogens is 430 g/mol. The molecule has 0 unspecified atom stereocenters. The molecule has 0 saturated heterocycles. The van der Waals surface area contributed by atoms with Crippen LogP contribution in [-0.4, -0.2) is 27.3 Å². The predicted molar refractivity (Wildman–Crippen MR) is 124 cm³/mol. The number of carbonyl (C=O) groups is 2. The van der Waals surface area contributed by atoms with E-state index in [4.69, 9.17) is 4.74 Å². The van der Waals surface area contributed by atoms with Crippen molar-refractivity contribution in [2.45, 2.75) is 18.7 Å². The molecule has 0 spiro atoms. The molecule has 8 nitrogen and oxygen atoms in total. The smallest absolute Gasteiger partial charge is 0.262 e. The Morgan fingerprint density at radius 1 is 0.812 bits per heavy atom. The third-order valence-electron chi connectivity index (χ3n) is 4.67. The summed E-state index contributed by atoms with van der Waals surface area (Å²) in [6, 6.07) is 17.4. The first kappa shape index (κ1) is 22.8. The van der Waals surface area contributed by atoms with E-state index in [1.165, 1.54) is 38.3 Å². The lowest BCUT2D eigenvalue weighted by Gasteiger charge is -2.13. The van der Waals surface area contributed by atoms with Crippen molar-refractivity contribution >= 4 is 38.9 Å². The fourth-order valence-electron chi connectivity index (χ4n) is 3.01. The van der Waals surface area contributed by atoms with Crippen LogP contribution < -0.4 is 20.1 Å². The molecule has 32 heavy (non-hydrogen) atoms. The van der Waals surface area contributed by atoms with Gasteiger partial charge in [-0.15, -0.1) is 0 Å². The molecule has 0 aliphatic heterocycles. The van der Waals surface area contributed by atoms with Gasteiger partial charge in [-0.05, 0) is 61.0 Å². The summed E-state index contributed by atoms with van der Waals surface area (Å²) in [4.78, 5) is 24.0. The lowest BCUT2D eigenvalue weighted by Crippen LogP contribution is -2.16. The number of ether oxygens (including phenoxy) is 1. The fraction of sp³-hybridized carbons (Fsp3) is 0.130. The van der Waals surface area contributed by atoms with Crippen LogP contribution in [-0.2, 0) is 14.8 Å². The maximum atomic E-state index is 12.7. The zero-order valence-corrected chi connectivity index (χ0v) is 18.6. The number of sulfonamides is 1. The van der Waals surface area contributed by atoms with E-state index in [0.717, 1.165) is 0 Å². The number of amides is 2. The van der Waals surface area contributed by atoms with Crippen molar-refractivity contribution in [3.8, 4) is 5.75 Å². The Bertz CT molecular complexity index is 1250. The molecule has 0 aliphatic rings. The van der Waals surface area contributed by atoms with E-state index in [1.54, 1.807) is 49.4 Å². The van der Waals surface area contributed by atoms with Crippen molar-refractivity contribution in [1.29, 1.82) is 0 Å². The van der Waals surface area contributed by atoms with E-state index in [-0.39, 0.29) is 16.4 Å². The molecule has 0 heterocycles. The molecule has 0 saturated carbocycles. The Balaban J connectivity index is 1.77. The van der Waals surface area contributed by atoms with Gasteiger partial charge >= 0.3 is 0 Å². The lowest BCUT2D eigenvalue weighted by atomic mass is 10.1. The molecule has 3 rings (SSSR count). The van der Waals surface area contributed by atoms with E-state index in [2.05, 4.69) is 15.4 Å². The summed E-state index contributed by atoms with van der Waals surface area (Å²) in [7, 11) is -2.42. The zero-order chi connectivity index (χ0) is 23.3. The molecule has 0 radical (unpaired) electrons. The Morgan fingerprint density at radius 2 is 1.41 bits per heavy atom. The summed E-state index contributed by atoms with van der Waals surface area (Å²) in [5, 5.41) is 5.49. The number of benzene rings is 3. The van der Waals surface area contributed by atoms with Crippen molar-refractivity contribution in [2.24, 2.45) is 0 Å². The average Bonchev–Trinajstić information content (AvgIpc) is 2.76. The average molecular weight is 454 g/mol. The van der Waals surface area contributed by atoms with Crippen molar-refractivity contribution in [2.75, 3.05) is 22.5 Å². The zero-order valence-electron chi connectivity index (χ0n) is 17.8. The van der Waals surface area contributed by atoms with Crippen molar-refractivity contribution in [1.82, 2.24) is 0 Å². The van der Waals surface area contributed by atoms with Gasteiger partial charge < -0.3 is 15.4 Å². The normalized spacial score (nSPS) is 10.8. The Labute approximate surface area is 186 Å². The molecule has 0 bridgehead atoms. The van der Waals surface area contributed by atoms with Crippen LogP contribution in [0.15, 0.2) is 71.6 Å². The van der Waals surface area contributed by atoms with Gasteiger partial charge in [-0.3, -0.25) is 14.3 Å². The van der Waals surface area contributed by atoms with E-state index >= 15 is 0 Å². The van der Waals surface area contributed by atoms with Gasteiger partial charge in [0, 0.05) is 23.9 Å². The van der Waals surface area contributed by atoms with Gasteiger partial charge in [-0.1, -0.05) is 18.2 Å². The number of rotatable bonds is 7. The third-order valence-corrected chi connectivity index (χ3v) is 6.05. The molecule has 0 fully saturated rings. The number of anilines is 3. The van der Waals surface area contributed by atoms with Gasteiger partial charge in [0.15, 0.2) is 0 Å². The van der Waals surface area contributed by atoms with Gasteiger partial charge in [-0.25, -0.2) is 8.42 Å². The molecule has 0 atom stereocenters. The molecule has 3 N–H and O–H groups in total. The fourth-order valence-corrected chi connectivity index (χ4v) is 4.08. The summed E-state index contributed by atoms with van der Waals surface area (Å²) in [6.07, 6.45) is 0. The third kappa shape index (κ3) is 5.25. The molecule has 0 aromatic heterocycles. The minimum Gasteiger partial charge on any atom is -0.495 e. The Kier molecular flexibility index (Phi) is 6.79. The van der Waals surface area contributed by atoms with Crippen molar-refractivity contribution < 1.29 is 22.7 Å². The van der Waals surface area contributed by atoms with Gasteiger partial charge in [0.1, 0.15) is 5.75 Å². The quantitative estimate of drug-likeness (QED) is 0.500. The molecular formula is C23H23N3O5S. The van der Waals surface area contributed by atoms with E-state index in [1.807, 2.05) is 0 Å². The van der Waals surface area contributed by atoms with Gasteiger partial charge in [0.2, 0.25) is 5.91 Å². The van der Waals surface area contributed by atoms with E-state index < -0.39 is 15.9 Å². The van der Waals surface area contributed by atoms with E-state index in [9.17, 15) is 18.0 Å². The van der Waals surface area contributed by atoms with Crippen LogP contribution in [0.2, 0.25) is 0 Å². The lowest BCUT2D eigenvalue weighted by molar-refractivity contribution is -0.114. The highest BCUT2D eigenvalue weighted by molar-refractivity contribution is 7.92. The first-order valence-corrected chi connectivity index (χ1v) is 11.1. The maximum absolute atomic E-state index is 12.7. The van der Waals surface area contributed by atoms with Crippen molar-refractivity contribution in [3.63, 3.8) is 0 Å². The van der Waals surface area contributed by atoms with Crippen LogP contribution in [0.25, 0.3) is 0 Å². The summed E-state index contributed by atoms with van der Waals surface area (Å²) in [6.45, 7) is 3.18. The molecule has 2 amide bonds. The Hall–Kier alpha value is -3.85. The monoisotopic (exact) mass is 453 g/mol. The minimum absolute atomic E-state index is 0.00351. The minimum atomic E-state index is -3.87. The first-order valence-electron chi connectivity index (χ1n) is 9.65. The standard InChI is InChI=1S/C23H23N3O5S/c1-15-19(24-16(2)27)8-6-9-20(15)25-23(28)17-11-13-18(14-12-17)32(29,30)26-21-7-4-5-10-22(21)31-3/h4-14,26H,1-3H3,(H,24,27)(H,25,28). The second kappa shape index (κ2) is 9.52. The van der Waals surface area contributed by atoms with Crippen LogP contribution in [0.5, 0.6) is 5.75 Å². The summed E-state index contributed by atoms with van der Waals surface area (Å²) in [5.74, 6) is -0.228. The number of carbonyl (C=O) groups excluding carboxylic acids is 2. The molecule has 0 aliphatic carbocycles. The van der Waals surface area contributed by atoms with Crippen LogP contribution in [0, 0.1) is 6.92 Å². The topological polar surface area (TPSA) is 114 Å². The first-order chi connectivity index (χ1) is 15.2. The van der Waals surface area contributed by atoms with Gasteiger partial charge in [0.05, 0.1) is 17.7 Å². The van der Waals surface area contributed by atoms with Crippen LogP contribution in [0.1, 0.15) is 22.8 Å². The summed E-state index contributed by atoms with van der Waals surface area (Å²) >= 11 is 0. The largest absolute Gasteiger partial charge is 0.495 e. The molecule has 3 aromatic carbocycles. The van der Waals surface area contributed by atoms with Crippen LogP contribution in [0.3, 0.4) is 0 Å². The SMILES string of the molecule is COc1ccccc1NS(=O)(=O)c1ccc(C(=O)Nc2cccc(NC(C)=O)c2C)cc1. The highest BCUT2D eigenvalue weighted by atomic mass is 32.2. The second-order valence-electron chi connectivity index (χ2n) is 6.94. The summed E-state index contributed by atoms with van der Waals surface area (Å²) < 4.78 is 33.1. The predicted octanol–water partition coefficient (Wildman–Crippen LogP) is 4.02. The molecule has 166 valence electrons. The second-order valence-corrected chi connectivity index (χ2v) is 8.63. The van der Waals surface area contributed by atoms with Crippen molar-refractivity contribution in [3.05, 3.63) is 77.9 Å². The number of hydrogen-bond donors (Lipinski definition) is 3. The highest BCUT2D eigenvalue weighted by Gasteiger charge is 2.17. The van der Waals surface area contributed by atoms with Crippen LogP contribution >= 0.6 is 0 Å². The number of methoxy groups -OCH3 is 1. The maximum Gasteiger partial charge on any atom is 0.262 e. The molecule has 3 aromatic rings.